The molecule has 290 valence electrons. The predicted octanol–water partition coefficient (Wildman–Crippen LogP) is 4.30. The molecule has 1 spiro atoms. The lowest BCUT2D eigenvalue weighted by Crippen LogP contribution is -2.47. The Morgan fingerprint density at radius 2 is 1.93 bits per heavy atom. The van der Waals surface area contributed by atoms with Crippen LogP contribution in [0.25, 0.3) is 11.4 Å². The summed E-state index contributed by atoms with van der Waals surface area (Å²) in [4.78, 5) is 66.3. The number of aromatic hydroxyl groups is 1. The minimum Gasteiger partial charge on any atom is -0.505 e. The first-order valence-corrected chi connectivity index (χ1v) is 18.3. The maximum atomic E-state index is 14.5. The van der Waals surface area contributed by atoms with Crippen LogP contribution in [0.15, 0.2) is 47.4 Å². The van der Waals surface area contributed by atoms with Gasteiger partial charge in [0.2, 0.25) is 17.6 Å². The first kappa shape index (κ1) is 37.1. The second-order valence-corrected chi connectivity index (χ2v) is 14.7. The molecular formula is C37H33ClF3N9O6. The Kier molecular flexibility index (Phi) is 9.11. The highest BCUT2D eigenvalue weighted by atomic mass is 35.5. The van der Waals surface area contributed by atoms with E-state index in [-0.39, 0.29) is 89.5 Å². The third kappa shape index (κ3) is 6.43. The van der Waals surface area contributed by atoms with Crippen molar-refractivity contribution in [2.45, 2.75) is 57.0 Å². The van der Waals surface area contributed by atoms with Crippen molar-refractivity contribution < 1.29 is 37.4 Å². The maximum absolute atomic E-state index is 14.5. The molecule has 8 rings (SSSR count). The van der Waals surface area contributed by atoms with Crippen molar-refractivity contribution in [2.75, 3.05) is 31.5 Å². The number of ether oxygens (including phenoxy) is 1. The maximum Gasteiger partial charge on any atom is 0.416 e. The number of fused-ring (bicyclic) bond motifs is 3. The summed E-state index contributed by atoms with van der Waals surface area (Å²) < 4.78 is 49.0. The van der Waals surface area contributed by atoms with E-state index in [1.54, 1.807) is 17.9 Å². The number of nitriles is 1. The van der Waals surface area contributed by atoms with E-state index in [1.165, 1.54) is 27.8 Å². The number of likely N-dealkylation sites (tertiary alicyclic amines) is 1. The molecule has 3 amide bonds. The highest BCUT2D eigenvalue weighted by Crippen LogP contribution is 2.48. The van der Waals surface area contributed by atoms with Crippen molar-refractivity contribution >= 4 is 46.4 Å². The van der Waals surface area contributed by atoms with Crippen LogP contribution in [-0.4, -0.2) is 83.0 Å². The van der Waals surface area contributed by atoms with Gasteiger partial charge in [0, 0.05) is 32.4 Å². The Balaban J connectivity index is 1.14. The SMILES string of the molecule is C[C@H]1OC2(CCN(C(=O)c3ncccc3O)CC2)c2c1n(CC(=O)Nc1ccc(C(F)(F)F)cc1Cl)c1nc(C3=CCN(C(=O)C4CC4C#N)CC3)nn1c2=O. The van der Waals surface area contributed by atoms with E-state index in [4.69, 9.17) is 26.6 Å². The number of rotatable bonds is 6. The topological polar surface area (TPSA) is 188 Å². The zero-order valence-corrected chi connectivity index (χ0v) is 30.5. The molecule has 3 aliphatic heterocycles. The third-order valence-electron chi connectivity index (χ3n) is 10.8. The van der Waals surface area contributed by atoms with E-state index in [2.05, 4.69) is 21.5 Å². The Hall–Kier alpha value is -5.80. The molecule has 1 aromatic carbocycles. The number of hydrogen-bond acceptors (Lipinski definition) is 10. The average molecular weight is 792 g/mol. The largest absolute Gasteiger partial charge is 0.505 e. The van der Waals surface area contributed by atoms with E-state index in [1.807, 2.05) is 0 Å². The van der Waals surface area contributed by atoms with Gasteiger partial charge in [-0.2, -0.15) is 27.9 Å². The van der Waals surface area contributed by atoms with E-state index in [0.29, 0.717) is 36.7 Å². The predicted molar refractivity (Wildman–Crippen MR) is 191 cm³/mol. The summed E-state index contributed by atoms with van der Waals surface area (Å²) in [6.45, 7) is 2.16. The molecule has 56 heavy (non-hydrogen) atoms. The average Bonchev–Trinajstić information content (AvgIpc) is 3.74. The lowest BCUT2D eigenvalue weighted by molar-refractivity contribution is -0.137. The van der Waals surface area contributed by atoms with Crippen molar-refractivity contribution in [3.63, 3.8) is 0 Å². The fourth-order valence-electron chi connectivity index (χ4n) is 7.86. The number of carbonyl (C=O) groups is 3. The van der Waals surface area contributed by atoms with Gasteiger partial charge in [-0.1, -0.05) is 17.7 Å². The number of alkyl halides is 3. The van der Waals surface area contributed by atoms with Gasteiger partial charge in [0.1, 0.15) is 17.9 Å². The van der Waals surface area contributed by atoms with Crippen LogP contribution in [0.3, 0.4) is 0 Å². The van der Waals surface area contributed by atoms with E-state index < -0.39 is 47.4 Å². The highest BCUT2D eigenvalue weighted by Gasteiger charge is 2.51. The summed E-state index contributed by atoms with van der Waals surface area (Å²) in [6, 6.07) is 7.56. The van der Waals surface area contributed by atoms with Gasteiger partial charge < -0.3 is 29.5 Å². The fourth-order valence-corrected chi connectivity index (χ4v) is 8.09. The molecule has 0 radical (unpaired) electrons. The van der Waals surface area contributed by atoms with Crippen LogP contribution < -0.4 is 10.9 Å². The summed E-state index contributed by atoms with van der Waals surface area (Å²) in [6.07, 6.45) is -0.930. The number of aromatic nitrogens is 5. The van der Waals surface area contributed by atoms with Gasteiger partial charge in [0.15, 0.2) is 11.5 Å². The lowest BCUT2D eigenvalue weighted by Gasteiger charge is -2.39. The van der Waals surface area contributed by atoms with Crippen LogP contribution in [0.1, 0.15) is 71.8 Å². The molecule has 4 aromatic rings. The Morgan fingerprint density at radius 1 is 1.16 bits per heavy atom. The van der Waals surface area contributed by atoms with Crippen molar-refractivity contribution in [1.82, 2.24) is 33.9 Å². The van der Waals surface area contributed by atoms with Crippen LogP contribution in [0.2, 0.25) is 5.02 Å². The van der Waals surface area contributed by atoms with E-state index >= 15 is 0 Å². The number of benzene rings is 1. The first-order chi connectivity index (χ1) is 26.7. The van der Waals surface area contributed by atoms with E-state index in [0.717, 1.165) is 16.6 Å². The number of nitrogens with one attached hydrogen (secondary N) is 1. The zero-order valence-electron chi connectivity index (χ0n) is 29.7. The highest BCUT2D eigenvalue weighted by molar-refractivity contribution is 6.33. The van der Waals surface area contributed by atoms with Crippen molar-refractivity contribution in [3.8, 4) is 11.8 Å². The first-order valence-electron chi connectivity index (χ1n) is 17.9. The number of halogens is 4. The summed E-state index contributed by atoms with van der Waals surface area (Å²) >= 11 is 6.15. The second kappa shape index (κ2) is 13.7. The van der Waals surface area contributed by atoms with Crippen LogP contribution in [0.4, 0.5) is 18.9 Å². The monoisotopic (exact) mass is 791 g/mol. The van der Waals surface area contributed by atoms with Gasteiger partial charge in [0.05, 0.1) is 51.5 Å². The van der Waals surface area contributed by atoms with Crippen molar-refractivity contribution in [3.05, 3.63) is 86.3 Å². The smallest absolute Gasteiger partial charge is 0.416 e. The quantitative estimate of drug-likeness (QED) is 0.285. The number of pyridine rings is 1. The molecule has 6 heterocycles. The summed E-state index contributed by atoms with van der Waals surface area (Å²) in [7, 11) is 0. The molecular weight excluding hydrogens is 759 g/mol. The van der Waals surface area contributed by atoms with Crippen LogP contribution in [-0.2, 0) is 32.6 Å². The Bertz CT molecular complexity index is 2450. The molecule has 3 aromatic heterocycles. The van der Waals surface area contributed by atoms with Crippen molar-refractivity contribution in [1.29, 1.82) is 5.26 Å². The number of hydrogen-bond donors (Lipinski definition) is 2. The van der Waals surface area contributed by atoms with Crippen LogP contribution in [0.5, 0.6) is 5.75 Å². The minimum atomic E-state index is -4.64. The van der Waals surface area contributed by atoms with Crippen molar-refractivity contribution in [2.24, 2.45) is 11.8 Å². The molecule has 1 aliphatic carbocycles. The second-order valence-electron chi connectivity index (χ2n) is 14.3. The minimum absolute atomic E-state index is 0.0115. The lowest BCUT2D eigenvalue weighted by atomic mass is 9.85. The van der Waals surface area contributed by atoms with Gasteiger partial charge >= 0.3 is 6.18 Å². The number of amides is 3. The fraction of sp³-hybridized carbons (Fsp3) is 0.405. The Labute approximate surface area is 320 Å². The summed E-state index contributed by atoms with van der Waals surface area (Å²) in [5.41, 5.74) is -1.63. The van der Waals surface area contributed by atoms with Gasteiger partial charge in [-0.15, -0.1) is 5.10 Å². The standard InChI is InChI=1S/C37H33ClF3N9O6/c1-19-30-28(36(56-19)8-13-48(14-9-36)34(55)29-26(51)3-2-10-43-29)33(54)50-35(49(30)18-27(52)44-25-5-4-22(16-24(25)38)37(39,40)41)45-31(46-50)20-6-11-47(12-7-20)32(53)23-15-21(23)17-42/h2-6,10,16,19,21,23,51H,7-9,11-15,18H2,1H3,(H,44,52)/t19-,21?,23?/m1/s1. The molecule has 2 fully saturated rings. The van der Waals surface area contributed by atoms with Gasteiger partial charge in [-0.25, -0.2) is 4.98 Å². The van der Waals surface area contributed by atoms with Gasteiger partial charge in [-0.05, 0) is 68.5 Å². The number of carbonyl (C=O) groups excluding carboxylic acids is 3. The molecule has 1 saturated carbocycles. The Morgan fingerprint density at radius 3 is 2.57 bits per heavy atom. The number of nitrogens with zero attached hydrogens (tertiary/aromatic N) is 8. The third-order valence-corrected chi connectivity index (χ3v) is 11.1. The van der Waals surface area contributed by atoms with E-state index in [9.17, 15) is 37.5 Å². The molecule has 19 heteroatoms. The van der Waals surface area contributed by atoms with Gasteiger partial charge in [0.25, 0.3) is 11.5 Å². The number of anilines is 1. The van der Waals surface area contributed by atoms with Gasteiger partial charge in [-0.3, -0.25) is 19.2 Å². The summed E-state index contributed by atoms with van der Waals surface area (Å²) in [5.74, 6) is -1.89. The molecule has 0 bridgehead atoms. The molecule has 1 saturated heterocycles. The molecule has 15 nitrogen and oxygen atoms in total. The number of piperidine rings is 1. The van der Waals surface area contributed by atoms with Crippen LogP contribution in [0, 0.1) is 23.2 Å². The molecule has 2 N–H and O–H groups in total. The summed E-state index contributed by atoms with van der Waals surface area (Å²) in [5, 5.41) is 26.2. The molecule has 3 atom stereocenters. The van der Waals surface area contributed by atoms with Crippen LogP contribution >= 0.6 is 11.6 Å². The molecule has 2 unspecified atom stereocenters. The normalized spacial score (nSPS) is 21.4. The zero-order chi connectivity index (χ0) is 39.7. The molecule has 4 aliphatic rings.